The van der Waals surface area contributed by atoms with Crippen molar-refractivity contribution in [3.05, 3.63) is 100 Å². The number of anilines is 1. The third kappa shape index (κ3) is 6.12. The Morgan fingerprint density at radius 2 is 1.83 bits per heavy atom. The van der Waals surface area contributed by atoms with Gasteiger partial charge in [-0.05, 0) is 41.5 Å². The Labute approximate surface area is 173 Å². The molecule has 0 aliphatic carbocycles. The van der Waals surface area contributed by atoms with Gasteiger partial charge in [-0.2, -0.15) is 5.10 Å². The summed E-state index contributed by atoms with van der Waals surface area (Å²) in [6, 6.07) is 23.6. The molecule has 3 aromatic rings. The van der Waals surface area contributed by atoms with Crippen LogP contribution < -0.4 is 15.5 Å². The average molecular weight is 406 g/mol. The first-order valence-corrected chi connectivity index (χ1v) is 9.13. The second kappa shape index (κ2) is 9.95. The van der Waals surface area contributed by atoms with Crippen LogP contribution in [0.3, 0.4) is 0 Å². The summed E-state index contributed by atoms with van der Waals surface area (Å²) >= 11 is 5.14. The third-order valence-electron chi connectivity index (χ3n) is 3.84. The summed E-state index contributed by atoms with van der Waals surface area (Å²) < 4.78 is 5.79. The summed E-state index contributed by atoms with van der Waals surface area (Å²) in [5.41, 5.74) is 4.78. The predicted molar refractivity (Wildman–Crippen MR) is 117 cm³/mol. The molecule has 0 amide bonds. The normalized spacial score (nSPS) is 10.5. The molecule has 3 aromatic carbocycles. The standard InChI is InChI=1S/C21H18N4O3S/c26-25(27)20-12-5-4-11-19(20)23-21(29)24-22-14-17-9-6-10-18(13-17)28-15-16-7-2-1-3-8-16/h1-14H,15H2,(H2,23,24,29)/b22-14-. The molecule has 2 N–H and O–H groups in total. The summed E-state index contributed by atoms with van der Waals surface area (Å²) in [6.07, 6.45) is 1.59. The van der Waals surface area contributed by atoms with Crippen LogP contribution in [-0.2, 0) is 6.61 Å². The molecule has 0 atom stereocenters. The zero-order valence-corrected chi connectivity index (χ0v) is 16.1. The highest BCUT2D eigenvalue weighted by Crippen LogP contribution is 2.22. The highest BCUT2D eigenvalue weighted by molar-refractivity contribution is 7.80. The molecular weight excluding hydrogens is 388 g/mol. The van der Waals surface area contributed by atoms with Gasteiger partial charge in [-0.3, -0.25) is 15.5 Å². The van der Waals surface area contributed by atoms with Crippen molar-refractivity contribution in [2.45, 2.75) is 6.61 Å². The van der Waals surface area contributed by atoms with E-state index in [1.807, 2.05) is 54.6 Å². The number of benzene rings is 3. The van der Waals surface area contributed by atoms with Crippen LogP contribution in [0.15, 0.2) is 84.0 Å². The van der Waals surface area contributed by atoms with E-state index in [0.29, 0.717) is 12.3 Å². The molecule has 0 spiro atoms. The number of thiocarbonyl (C=S) groups is 1. The van der Waals surface area contributed by atoms with E-state index in [1.165, 1.54) is 6.07 Å². The molecule has 0 fully saturated rings. The maximum atomic E-state index is 11.0. The van der Waals surface area contributed by atoms with Crippen LogP contribution in [0.1, 0.15) is 11.1 Å². The fourth-order valence-corrected chi connectivity index (χ4v) is 2.64. The molecule has 0 bridgehead atoms. The highest BCUT2D eigenvalue weighted by Gasteiger charge is 2.12. The molecule has 0 unspecified atom stereocenters. The highest BCUT2D eigenvalue weighted by atomic mass is 32.1. The van der Waals surface area contributed by atoms with Gasteiger partial charge < -0.3 is 10.1 Å². The van der Waals surface area contributed by atoms with Crippen LogP contribution in [-0.4, -0.2) is 16.3 Å². The maximum Gasteiger partial charge on any atom is 0.292 e. The first kappa shape index (κ1) is 20.0. The van der Waals surface area contributed by atoms with Crippen molar-refractivity contribution >= 4 is 34.9 Å². The Hall–Kier alpha value is -3.78. The van der Waals surface area contributed by atoms with Crippen LogP contribution in [0.4, 0.5) is 11.4 Å². The molecule has 0 saturated carbocycles. The van der Waals surface area contributed by atoms with Gasteiger partial charge in [0.25, 0.3) is 5.69 Å². The van der Waals surface area contributed by atoms with Crippen molar-refractivity contribution in [3.8, 4) is 5.75 Å². The summed E-state index contributed by atoms with van der Waals surface area (Å²) in [6.45, 7) is 0.476. The largest absolute Gasteiger partial charge is 0.489 e. The topological polar surface area (TPSA) is 88.8 Å². The van der Waals surface area contributed by atoms with Gasteiger partial charge >= 0.3 is 0 Å². The second-order valence-electron chi connectivity index (χ2n) is 5.95. The fraction of sp³-hybridized carbons (Fsp3) is 0.0476. The molecule has 0 saturated heterocycles. The Morgan fingerprint density at radius 3 is 2.62 bits per heavy atom. The van der Waals surface area contributed by atoms with E-state index in [0.717, 1.165) is 16.9 Å². The lowest BCUT2D eigenvalue weighted by Gasteiger charge is -2.08. The van der Waals surface area contributed by atoms with Crippen molar-refractivity contribution < 1.29 is 9.66 Å². The molecule has 0 aromatic heterocycles. The van der Waals surface area contributed by atoms with Gasteiger partial charge in [0.2, 0.25) is 0 Å². The fourth-order valence-electron chi connectivity index (χ4n) is 2.48. The van der Waals surface area contributed by atoms with E-state index in [1.54, 1.807) is 24.4 Å². The van der Waals surface area contributed by atoms with Gasteiger partial charge in [0, 0.05) is 6.07 Å². The summed E-state index contributed by atoms with van der Waals surface area (Å²) in [5.74, 6) is 0.721. The quantitative estimate of drug-likeness (QED) is 0.260. The lowest BCUT2D eigenvalue weighted by molar-refractivity contribution is -0.383. The van der Waals surface area contributed by atoms with Crippen LogP contribution in [0, 0.1) is 10.1 Å². The molecule has 3 rings (SSSR count). The van der Waals surface area contributed by atoms with E-state index in [2.05, 4.69) is 15.8 Å². The lowest BCUT2D eigenvalue weighted by Crippen LogP contribution is -2.24. The summed E-state index contributed by atoms with van der Waals surface area (Å²) in [4.78, 5) is 10.6. The van der Waals surface area contributed by atoms with E-state index in [4.69, 9.17) is 17.0 Å². The van der Waals surface area contributed by atoms with Gasteiger partial charge in [0.05, 0.1) is 11.1 Å². The first-order valence-electron chi connectivity index (χ1n) is 8.72. The number of hydrazone groups is 1. The van der Waals surface area contributed by atoms with E-state index < -0.39 is 4.92 Å². The SMILES string of the molecule is O=[N+]([O-])c1ccccc1NC(=S)N/N=C\c1cccc(OCc2ccccc2)c1. The molecule has 8 heteroatoms. The van der Waals surface area contributed by atoms with Crippen molar-refractivity contribution in [1.29, 1.82) is 0 Å². The number of nitro groups is 1. The number of nitrogens with one attached hydrogen (secondary N) is 2. The molecular formula is C21H18N4O3S. The lowest BCUT2D eigenvalue weighted by atomic mass is 10.2. The summed E-state index contributed by atoms with van der Waals surface area (Å²) in [7, 11) is 0. The number of rotatable bonds is 7. The second-order valence-corrected chi connectivity index (χ2v) is 6.35. The van der Waals surface area contributed by atoms with E-state index in [-0.39, 0.29) is 10.8 Å². The van der Waals surface area contributed by atoms with Crippen molar-refractivity contribution in [3.63, 3.8) is 0 Å². The minimum Gasteiger partial charge on any atom is -0.489 e. The Bertz CT molecular complexity index is 1030. The number of nitrogens with zero attached hydrogens (tertiary/aromatic N) is 2. The zero-order valence-electron chi connectivity index (χ0n) is 15.3. The van der Waals surface area contributed by atoms with Crippen molar-refractivity contribution in [2.24, 2.45) is 5.10 Å². The van der Waals surface area contributed by atoms with Crippen LogP contribution in [0.5, 0.6) is 5.75 Å². The molecule has 0 aliphatic rings. The first-order chi connectivity index (χ1) is 14.1. The minimum atomic E-state index is -0.477. The summed E-state index contributed by atoms with van der Waals surface area (Å²) in [5, 5.41) is 18.0. The average Bonchev–Trinajstić information content (AvgIpc) is 2.73. The third-order valence-corrected chi connectivity index (χ3v) is 4.03. The molecule has 0 heterocycles. The minimum absolute atomic E-state index is 0.0658. The zero-order chi connectivity index (χ0) is 20.5. The van der Waals surface area contributed by atoms with Crippen LogP contribution in [0.25, 0.3) is 0 Å². The van der Waals surface area contributed by atoms with Gasteiger partial charge in [0.15, 0.2) is 5.11 Å². The van der Waals surface area contributed by atoms with Gasteiger partial charge in [-0.1, -0.05) is 54.6 Å². The monoisotopic (exact) mass is 406 g/mol. The predicted octanol–water partition coefficient (Wildman–Crippen LogP) is 4.49. The number of nitro benzene ring substituents is 1. The van der Waals surface area contributed by atoms with E-state index in [9.17, 15) is 10.1 Å². The van der Waals surface area contributed by atoms with Gasteiger partial charge in [-0.15, -0.1) is 0 Å². The van der Waals surface area contributed by atoms with Crippen LogP contribution >= 0.6 is 12.2 Å². The molecule has 0 radical (unpaired) electrons. The Morgan fingerprint density at radius 1 is 1.07 bits per heavy atom. The van der Waals surface area contributed by atoms with Gasteiger partial charge in [0.1, 0.15) is 18.0 Å². The van der Waals surface area contributed by atoms with Crippen molar-refractivity contribution in [1.82, 2.24) is 5.43 Å². The smallest absolute Gasteiger partial charge is 0.292 e. The number of para-hydroxylation sites is 2. The number of ether oxygens (including phenoxy) is 1. The van der Waals surface area contributed by atoms with Gasteiger partial charge in [-0.25, -0.2) is 0 Å². The number of hydrogen-bond donors (Lipinski definition) is 2. The maximum absolute atomic E-state index is 11.0. The molecule has 29 heavy (non-hydrogen) atoms. The molecule has 7 nitrogen and oxygen atoms in total. The molecule has 146 valence electrons. The van der Waals surface area contributed by atoms with Crippen LogP contribution in [0.2, 0.25) is 0 Å². The molecule has 0 aliphatic heterocycles. The number of hydrogen-bond acceptors (Lipinski definition) is 5. The Kier molecular flexibility index (Phi) is 6.85. The Balaban J connectivity index is 1.55. The van der Waals surface area contributed by atoms with Crippen molar-refractivity contribution in [2.75, 3.05) is 5.32 Å². The van der Waals surface area contributed by atoms with E-state index >= 15 is 0 Å².